The van der Waals surface area contributed by atoms with Crippen molar-refractivity contribution in [2.45, 2.75) is 32.7 Å². The molecule has 0 bridgehead atoms. The minimum Gasteiger partial charge on any atom is -0.382 e. The van der Waals surface area contributed by atoms with Crippen molar-refractivity contribution in [3.63, 3.8) is 0 Å². The average Bonchev–Trinajstić information content (AvgIpc) is 2.35. The van der Waals surface area contributed by atoms with Crippen molar-refractivity contribution >= 4 is 28.2 Å². The molecular weight excluding hydrogens is 256 g/mol. The first-order valence-electron chi connectivity index (χ1n) is 6.95. The van der Waals surface area contributed by atoms with Gasteiger partial charge in [0.15, 0.2) is 0 Å². The van der Waals surface area contributed by atoms with Crippen molar-refractivity contribution in [3.05, 3.63) is 35.5 Å². The van der Waals surface area contributed by atoms with E-state index in [4.69, 9.17) is 11.6 Å². The van der Waals surface area contributed by atoms with Crippen LogP contribution in [0.4, 0.5) is 5.69 Å². The average molecular weight is 275 g/mol. The molecule has 3 rings (SSSR count). The second-order valence-electron chi connectivity index (χ2n) is 5.81. The summed E-state index contributed by atoms with van der Waals surface area (Å²) in [4.78, 5) is 4.36. The van der Waals surface area contributed by atoms with Crippen LogP contribution in [0.2, 0.25) is 5.02 Å². The van der Waals surface area contributed by atoms with Crippen LogP contribution in [0, 0.1) is 11.8 Å². The fraction of sp³-hybridized carbons (Fsp3) is 0.438. The van der Waals surface area contributed by atoms with Gasteiger partial charge in [-0.3, -0.25) is 4.98 Å². The Morgan fingerprint density at radius 1 is 1.26 bits per heavy atom. The van der Waals surface area contributed by atoms with Crippen LogP contribution in [-0.4, -0.2) is 11.0 Å². The summed E-state index contributed by atoms with van der Waals surface area (Å²) in [6.45, 7) is 4.62. The Labute approximate surface area is 119 Å². The number of hydrogen-bond acceptors (Lipinski definition) is 2. The van der Waals surface area contributed by atoms with Crippen molar-refractivity contribution in [1.82, 2.24) is 4.98 Å². The maximum Gasteiger partial charge on any atom is 0.0908 e. The number of nitrogens with zero attached hydrogens (tertiary/aromatic N) is 1. The molecule has 19 heavy (non-hydrogen) atoms. The normalized spacial score (nSPS) is 22.5. The summed E-state index contributed by atoms with van der Waals surface area (Å²) in [5.74, 6) is 1.66. The van der Waals surface area contributed by atoms with Gasteiger partial charge < -0.3 is 5.32 Å². The summed E-state index contributed by atoms with van der Waals surface area (Å²) in [7, 11) is 0. The molecule has 3 heteroatoms. The third kappa shape index (κ3) is 2.42. The molecule has 1 fully saturated rings. The van der Waals surface area contributed by atoms with Gasteiger partial charge in [0.05, 0.1) is 10.5 Å². The van der Waals surface area contributed by atoms with Crippen molar-refractivity contribution in [2.24, 2.45) is 11.8 Å². The van der Waals surface area contributed by atoms with Crippen molar-refractivity contribution < 1.29 is 0 Å². The molecular formula is C16H19ClN2. The van der Waals surface area contributed by atoms with E-state index in [0.717, 1.165) is 33.4 Å². The number of aromatic nitrogens is 1. The molecule has 1 N–H and O–H groups in total. The fourth-order valence-corrected chi connectivity index (χ4v) is 3.02. The van der Waals surface area contributed by atoms with Gasteiger partial charge in [-0.2, -0.15) is 0 Å². The Morgan fingerprint density at radius 3 is 2.79 bits per heavy atom. The highest BCUT2D eigenvalue weighted by Crippen LogP contribution is 2.37. The molecule has 0 radical (unpaired) electrons. The van der Waals surface area contributed by atoms with E-state index in [0.29, 0.717) is 6.04 Å². The maximum absolute atomic E-state index is 6.19. The molecule has 0 unspecified atom stereocenters. The van der Waals surface area contributed by atoms with Gasteiger partial charge in [0.1, 0.15) is 0 Å². The molecule has 0 saturated heterocycles. The number of anilines is 1. The van der Waals surface area contributed by atoms with Gasteiger partial charge in [-0.05, 0) is 48.9 Å². The van der Waals surface area contributed by atoms with Crippen LogP contribution >= 0.6 is 11.6 Å². The van der Waals surface area contributed by atoms with Gasteiger partial charge in [-0.1, -0.05) is 25.4 Å². The Morgan fingerprint density at radius 2 is 2.05 bits per heavy atom. The molecule has 0 atom stereocenters. The summed E-state index contributed by atoms with van der Waals surface area (Å²) >= 11 is 6.19. The summed E-state index contributed by atoms with van der Waals surface area (Å²) in [6.07, 6.45) is 4.32. The highest BCUT2D eigenvalue weighted by atomic mass is 35.5. The molecule has 2 aromatic rings. The smallest absolute Gasteiger partial charge is 0.0908 e. The largest absolute Gasteiger partial charge is 0.382 e. The van der Waals surface area contributed by atoms with E-state index in [9.17, 15) is 0 Å². The van der Waals surface area contributed by atoms with E-state index in [1.54, 1.807) is 6.20 Å². The second kappa shape index (κ2) is 5.01. The first-order chi connectivity index (χ1) is 9.15. The summed E-state index contributed by atoms with van der Waals surface area (Å²) in [5, 5.41) is 5.47. The van der Waals surface area contributed by atoms with Crippen molar-refractivity contribution in [3.8, 4) is 0 Å². The molecule has 1 aromatic carbocycles. The van der Waals surface area contributed by atoms with Gasteiger partial charge in [0, 0.05) is 23.3 Å². The number of hydrogen-bond donors (Lipinski definition) is 1. The van der Waals surface area contributed by atoms with Gasteiger partial charge in [0.25, 0.3) is 0 Å². The Balaban J connectivity index is 1.81. The monoisotopic (exact) mass is 274 g/mol. The Bertz CT molecular complexity index is 588. The molecule has 1 heterocycles. The third-order valence-corrected chi connectivity index (χ3v) is 4.50. The Kier molecular flexibility index (Phi) is 3.36. The first-order valence-corrected chi connectivity index (χ1v) is 7.32. The van der Waals surface area contributed by atoms with E-state index in [2.05, 4.69) is 36.3 Å². The van der Waals surface area contributed by atoms with E-state index < -0.39 is 0 Å². The molecule has 1 aliphatic rings. The minimum absolute atomic E-state index is 0.594. The lowest BCUT2D eigenvalue weighted by atomic mass is 9.73. The predicted octanol–water partition coefficient (Wildman–Crippen LogP) is 4.73. The lowest BCUT2D eigenvalue weighted by Crippen LogP contribution is -2.37. The number of nitrogens with one attached hydrogen (secondary N) is 1. The molecule has 2 nitrogen and oxygen atoms in total. The van der Waals surface area contributed by atoms with Crippen molar-refractivity contribution in [2.75, 3.05) is 5.32 Å². The van der Waals surface area contributed by atoms with Crippen LogP contribution in [0.3, 0.4) is 0 Å². The van der Waals surface area contributed by atoms with Gasteiger partial charge >= 0.3 is 0 Å². The second-order valence-corrected chi connectivity index (χ2v) is 6.22. The molecule has 0 aliphatic heterocycles. The number of halogens is 1. The lowest BCUT2D eigenvalue weighted by molar-refractivity contribution is 0.212. The lowest BCUT2D eigenvalue weighted by Gasteiger charge is -2.39. The SMILES string of the molecule is CC(C)C1CC(Nc2ccc(Cl)c3ncccc23)C1. The molecule has 1 saturated carbocycles. The number of pyridine rings is 1. The van der Waals surface area contributed by atoms with E-state index in [1.807, 2.05) is 12.1 Å². The van der Waals surface area contributed by atoms with E-state index in [-0.39, 0.29) is 0 Å². The standard InChI is InChI=1S/C16H19ClN2/c1-10(2)11-8-12(9-11)19-15-6-5-14(17)16-13(15)4-3-7-18-16/h3-7,10-12,19H,8-9H2,1-2H3. The van der Waals surface area contributed by atoms with Gasteiger partial charge in [-0.15, -0.1) is 0 Å². The van der Waals surface area contributed by atoms with Crippen LogP contribution in [0.25, 0.3) is 10.9 Å². The zero-order valence-electron chi connectivity index (χ0n) is 11.4. The van der Waals surface area contributed by atoms with Gasteiger partial charge in [-0.25, -0.2) is 0 Å². The van der Waals surface area contributed by atoms with Crippen LogP contribution in [0.15, 0.2) is 30.5 Å². The predicted molar refractivity (Wildman–Crippen MR) is 81.7 cm³/mol. The minimum atomic E-state index is 0.594. The molecule has 1 aliphatic carbocycles. The molecule has 0 amide bonds. The van der Waals surface area contributed by atoms with Crippen LogP contribution in [0.5, 0.6) is 0 Å². The van der Waals surface area contributed by atoms with E-state index in [1.165, 1.54) is 12.8 Å². The van der Waals surface area contributed by atoms with E-state index >= 15 is 0 Å². The third-order valence-electron chi connectivity index (χ3n) is 4.20. The topological polar surface area (TPSA) is 24.9 Å². The number of benzene rings is 1. The summed E-state index contributed by atoms with van der Waals surface area (Å²) in [5.41, 5.74) is 2.04. The first kappa shape index (κ1) is 12.7. The highest BCUT2D eigenvalue weighted by Gasteiger charge is 2.31. The number of rotatable bonds is 3. The molecule has 0 spiro atoms. The molecule has 1 aromatic heterocycles. The Hall–Kier alpha value is -1.28. The zero-order valence-corrected chi connectivity index (χ0v) is 12.1. The number of fused-ring (bicyclic) bond motifs is 1. The zero-order chi connectivity index (χ0) is 13.4. The van der Waals surface area contributed by atoms with Crippen LogP contribution < -0.4 is 5.32 Å². The van der Waals surface area contributed by atoms with Crippen LogP contribution in [-0.2, 0) is 0 Å². The van der Waals surface area contributed by atoms with Gasteiger partial charge in [0.2, 0.25) is 0 Å². The fourth-order valence-electron chi connectivity index (χ4n) is 2.81. The molecule has 100 valence electrons. The highest BCUT2D eigenvalue weighted by molar-refractivity contribution is 6.35. The summed E-state index contributed by atoms with van der Waals surface area (Å²) in [6, 6.07) is 8.63. The quantitative estimate of drug-likeness (QED) is 0.875. The summed E-state index contributed by atoms with van der Waals surface area (Å²) < 4.78 is 0. The maximum atomic E-state index is 6.19. The van der Waals surface area contributed by atoms with Crippen LogP contribution in [0.1, 0.15) is 26.7 Å². The van der Waals surface area contributed by atoms with Crippen molar-refractivity contribution in [1.29, 1.82) is 0 Å².